The Morgan fingerprint density at radius 1 is 1.20 bits per heavy atom. The van der Waals surface area contributed by atoms with Crippen LogP contribution in [0.15, 0.2) is 0 Å². The van der Waals surface area contributed by atoms with Crippen LogP contribution in [0.2, 0.25) is 0 Å². The smallest absolute Gasteiger partial charge is 0.231 e. The molecule has 0 amide bonds. The molecule has 1 aliphatic rings. The van der Waals surface area contributed by atoms with Crippen LogP contribution in [0.3, 0.4) is 0 Å². The Morgan fingerprint density at radius 2 is 1.85 bits per heavy atom. The minimum absolute atomic E-state index is 0.221. The third-order valence-corrected chi connectivity index (χ3v) is 3.23. The van der Waals surface area contributed by atoms with Crippen molar-refractivity contribution in [1.29, 1.82) is 0 Å². The summed E-state index contributed by atoms with van der Waals surface area (Å²) in [5, 5.41) is 9.88. The highest BCUT2D eigenvalue weighted by molar-refractivity contribution is 5.43. The number of anilines is 3. The van der Waals surface area contributed by atoms with Gasteiger partial charge in [0.1, 0.15) is 0 Å². The highest BCUT2D eigenvalue weighted by Crippen LogP contribution is 2.19. The van der Waals surface area contributed by atoms with E-state index in [0.29, 0.717) is 18.4 Å². The molecule has 112 valence electrons. The fraction of sp³-hybridized carbons (Fsp3) is 0.769. The Kier molecular flexibility index (Phi) is 4.27. The molecule has 20 heavy (non-hydrogen) atoms. The van der Waals surface area contributed by atoms with Crippen LogP contribution in [-0.2, 0) is 0 Å². The Labute approximate surface area is 119 Å². The molecule has 1 saturated heterocycles. The van der Waals surface area contributed by atoms with Crippen LogP contribution < -0.4 is 15.5 Å². The number of aromatic nitrogens is 3. The molecule has 0 bridgehead atoms. The third kappa shape index (κ3) is 3.93. The minimum atomic E-state index is -0.818. The summed E-state index contributed by atoms with van der Waals surface area (Å²) in [6.45, 7) is 5.84. The first-order valence-electron chi connectivity index (χ1n) is 7.05. The molecule has 1 aliphatic heterocycles. The van der Waals surface area contributed by atoms with Crippen molar-refractivity contribution in [2.45, 2.75) is 38.7 Å². The minimum Gasteiger partial charge on any atom is -0.389 e. The summed E-state index contributed by atoms with van der Waals surface area (Å²) in [4.78, 5) is 16.8. The molecule has 7 heteroatoms. The summed E-state index contributed by atoms with van der Waals surface area (Å²) >= 11 is 0. The number of nitrogens with two attached hydrogens (primary N) is 1. The number of likely N-dealkylation sites (N-methyl/N-ethyl adjacent to an activating group) is 1. The van der Waals surface area contributed by atoms with E-state index in [4.69, 9.17) is 5.73 Å². The van der Waals surface area contributed by atoms with Gasteiger partial charge in [0.15, 0.2) is 0 Å². The molecular weight excluding hydrogens is 256 g/mol. The Hall–Kier alpha value is -1.63. The summed E-state index contributed by atoms with van der Waals surface area (Å²) < 4.78 is 0. The van der Waals surface area contributed by atoms with E-state index in [2.05, 4.69) is 19.9 Å². The molecule has 0 unspecified atom stereocenters. The number of rotatable bonds is 4. The predicted molar refractivity (Wildman–Crippen MR) is 79.9 cm³/mol. The van der Waals surface area contributed by atoms with E-state index in [1.165, 1.54) is 6.42 Å². The van der Waals surface area contributed by atoms with Crippen molar-refractivity contribution in [3.05, 3.63) is 0 Å². The van der Waals surface area contributed by atoms with Gasteiger partial charge < -0.3 is 20.6 Å². The number of hydrogen-bond acceptors (Lipinski definition) is 7. The number of aliphatic hydroxyl groups is 1. The molecule has 0 aliphatic carbocycles. The molecule has 2 rings (SSSR count). The molecule has 1 aromatic heterocycles. The first-order valence-corrected chi connectivity index (χ1v) is 7.05. The first-order chi connectivity index (χ1) is 9.35. The maximum absolute atomic E-state index is 9.88. The van der Waals surface area contributed by atoms with Crippen LogP contribution in [0.25, 0.3) is 0 Å². The van der Waals surface area contributed by atoms with Gasteiger partial charge in [0.05, 0.1) is 5.60 Å². The summed E-state index contributed by atoms with van der Waals surface area (Å²) in [7, 11) is 1.84. The van der Waals surface area contributed by atoms with Crippen LogP contribution in [0.5, 0.6) is 0 Å². The van der Waals surface area contributed by atoms with Gasteiger partial charge in [-0.25, -0.2) is 0 Å². The van der Waals surface area contributed by atoms with E-state index in [0.717, 1.165) is 25.9 Å². The van der Waals surface area contributed by atoms with E-state index in [-0.39, 0.29) is 5.95 Å². The molecular formula is C13H24N6O. The lowest BCUT2D eigenvalue weighted by atomic mass is 10.1. The average molecular weight is 280 g/mol. The van der Waals surface area contributed by atoms with Crippen molar-refractivity contribution in [3.8, 4) is 0 Å². The Morgan fingerprint density at radius 3 is 2.45 bits per heavy atom. The van der Waals surface area contributed by atoms with Crippen molar-refractivity contribution < 1.29 is 5.11 Å². The second kappa shape index (κ2) is 5.78. The number of piperidine rings is 1. The highest BCUT2D eigenvalue weighted by atomic mass is 16.3. The second-order valence-corrected chi connectivity index (χ2v) is 6.01. The van der Waals surface area contributed by atoms with Crippen molar-refractivity contribution >= 4 is 17.8 Å². The van der Waals surface area contributed by atoms with Crippen molar-refractivity contribution in [3.63, 3.8) is 0 Å². The highest BCUT2D eigenvalue weighted by Gasteiger charge is 2.20. The van der Waals surface area contributed by atoms with Crippen LogP contribution >= 0.6 is 0 Å². The summed E-state index contributed by atoms with van der Waals surface area (Å²) in [5.74, 6) is 1.35. The number of hydrogen-bond donors (Lipinski definition) is 2. The van der Waals surface area contributed by atoms with Gasteiger partial charge in [0.2, 0.25) is 17.8 Å². The summed E-state index contributed by atoms with van der Waals surface area (Å²) in [6, 6.07) is 0. The van der Waals surface area contributed by atoms with E-state index >= 15 is 0 Å². The predicted octanol–water partition coefficient (Wildman–Crippen LogP) is 0.651. The van der Waals surface area contributed by atoms with Gasteiger partial charge in [0, 0.05) is 26.7 Å². The molecule has 3 N–H and O–H groups in total. The van der Waals surface area contributed by atoms with E-state index < -0.39 is 5.60 Å². The van der Waals surface area contributed by atoms with E-state index in [9.17, 15) is 5.11 Å². The van der Waals surface area contributed by atoms with Crippen molar-refractivity contribution in [2.75, 3.05) is 42.2 Å². The Balaban J connectivity index is 2.19. The summed E-state index contributed by atoms with van der Waals surface area (Å²) in [6.07, 6.45) is 3.56. The van der Waals surface area contributed by atoms with Gasteiger partial charge in [-0.3, -0.25) is 0 Å². The molecule has 2 heterocycles. The van der Waals surface area contributed by atoms with E-state index in [1.807, 2.05) is 7.05 Å². The molecule has 1 fully saturated rings. The van der Waals surface area contributed by atoms with Crippen molar-refractivity contribution in [2.24, 2.45) is 0 Å². The molecule has 0 atom stereocenters. The quantitative estimate of drug-likeness (QED) is 0.836. The normalized spacial score (nSPS) is 16.3. The maximum Gasteiger partial charge on any atom is 0.231 e. The lowest BCUT2D eigenvalue weighted by Crippen LogP contribution is -2.38. The van der Waals surface area contributed by atoms with Gasteiger partial charge in [-0.1, -0.05) is 0 Å². The van der Waals surface area contributed by atoms with E-state index in [1.54, 1.807) is 18.7 Å². The van der Waals surface area contributed by atoms with Crippen molar-refractivity contribution in [1.82, 2.24) is 15.0 Å². The lowest BCUT2D eigenvalue weighted by Gasteiger charge is -2.29. The number of nitrogen functional groups attached to an aromatic ring is 1. The monoisotopic (exact) mass is 280 g/mol. The average Bonchev–Trinajstić information content (AvgIpc) is 2.37. The van der Waals surface area contributed by atoms with Gasteiger partial charge in [-0.2, -0.15) is 15.0 Å². The second-order valence-electron chi connectivity index (χ2n) is 6.01. The van der Waals surface area contributed by atoms with Gasteiger partial charge in [0.25, 0.3) is 0 Å². The topological polar surface area (TPSA) is 91.4 Å². The van der Waals surface area contributed by atoms with Crippen LogP contribution in [-0.4, -0.2) is 52.3 Å². The van der Waals surface area contributed by atoms with Gasteiger partial charge in [-0.05, 0) is 33.1 Å². The zero-order valence-corrected chi connectivity index (χ0v) is 12.5. The Bertz CT molecular complexity index is 453. The molecule has 1 aromatic rings. The fourth-order valence-corrected chi connectivity index (χ4v) is 2.43. The zero-order valence-electron chi connectivity index (χ0n) is 12.5. The van der Waals surface area contributed by atoms with Gasteiger partial charge >= 0.3 is 0 Å². The summed E-state index contributed by atoms with van der Waals surface area (Å²) in [5.41, 5.74) is 4.97. The van der Waals surface area contributed by atoms with Crippen LogP contribution in [0.4, 0.5) is 17.8 Å². The molecule has 7 nitrogen and oxygen atoms in total. The molecule has 0 spiro atoms. The largest absolute Gasteiger partial charge is 0.389 e. The van der Waals surface area contributed by atoms with Crippen LogP contribution in [0.1, 0.15) is 33.1 Å². The molecule has 0 saturated carbocycles. The zero-order chi connectivity index (χ0) is 14.8. The standard InChI is InChI=1S/C13H24N6O/c1-13(2,20)9-18(3)11-15-10(14)16-12(17-11)19-7-5-4-6-8-19/h20H,4-9H2,1-3H3,(H2,14,15,16,17). The SMILES string of the molecule is CN(CC(C)(C)O)c1nc(N)nc(N2CCCCC2)n1. The van der Waals surface area contributed by atoms with Gasteiger partial charge in [-0.15, -0.1) is 0 Å². The molecule has 0 radical (unpaired) electrons. The first kappa shape index (κ1) is 14.8. The third-order valence-electron chi connectivity index (χ3n) is 3.23. The lowest BCUT2D eigenvalue weighted by molar-refractivity contribution is 0.0883. The fourth-order valence-electron chi connectivity index (χ4n) is 2.43. The molecule has 0 aromatic carbocycles. The van der Waals surface area contributed by atoms with Crippen LogP contribution in [0, 0.1) is 0 Å². The number of nitrogens with zero attached hydrogens (tertiary/aromatic N) is 5. The maximum atomic E-state index is 9.88.